The van der Waals surface area contributed by atoms with Gasteiger partial charge in [-0.2, -0.15) is 0 Å². The van der Waals surface area contributed by atoms with Crippen LogP contribution in [0.3, 0.4) is 0 Å². The highest BCUT2D eigenvalue weighted by Gasteiger charge is 2.34. The van der Waals surface area contributed by atoms with Gasteiger partial charge in [0.05, 0.1) is 12.1 Å². The topological polar surface area (TPSA) is 59.9 Å². The van der Waals surface area contributed by atoms with Crippen LogP contribution >= 0.6 is 0 Å². The van der Waals surface area contributed by atoms with Crippen LogP contribution in [0.4, 0.5) is 10.1 Å². The van der Waals surface area contributed by atoms with E-state index in [0.29, 0.717) is 12.6 Å². The Hall–Kier alpha value is -1.82. The summed E-state index contributed by atoms with van der Waals surface area (Å²) in [6.45, 7) is 5.09. The summed E-state index contributed by atoms with van der Waals surface area (Å²) in [4.78, 5) is 6.80. The number of rotatable bonds is 5. The maximum absolute atomic E-state index is 13.4. The second-order valence-electron chi connectivity index (χ2n) is 7.16. The minimum absolute atomic E-state index is 0.187. The van der Waals surface area contributed by atoms with Gasteiger partial charge in [0.1, 0.15) is 5.82 Å². The molecule has 0 bridgehead atoms. The SMILES string of the molecule is CCNC(=NCC1(O)CCC1)NC1CCN(c2cccc(F)c2)CC1. The summed E-state index contributed by atoms with van der Waals surface area (Å²) in [5, 5.41) is 17.0. The summed E-state index contributed by atoms with van der Waals surface area (Å²) in [6, 6.07) is 7.14. The number of nitrogens with zero attached hydrogens (tertiary/aromatic N) is 2. The predicted molar refractivity (Wildman–Crippen MR) is 99.6 cm³/mol. The molecular formula is C19H29FN4O. The third kappa shape index (κ3) is 4.84. The minimum Gasteiger partial charge on any atom is -0.388 e. The van der Waals surface area contributed by atoms with Crippen LogP contribution < -0.4 is 15.5 Å². The molecule has 1 saturated carbocycles. The molecule has 1 aromatic carbocycles. The van der Waals surface area contributed by atoms with Gasteiger partial charge < -0.3 is 20.6 Å². The standard InChI is InChI=1S/C19H29FN4O/c1-2-21-18(22-14-19(25)9-4-10-19)23-16-7-11-24(12-8-16)17-6-3-5-15(20)13-17/h3,5-6,13,16,25H,2,4,7-12,14H2,1H3,(H2,21,22,23). The molecule has 25 heavy (non-hydrogen) atoms. The first-order chi connectivity index (χ1) is 12.1. The Morgan fingerprint density at radius 2 is 2.12 bits per heavy atom. The van der Waals surface area contributed by atoms with Crippen LogP contribution in [0.15, 0.2) is 29.3 Å². The molecule has 3 rings (SSSR count). The van der Waals surface area contributed by atoms with Gasteiger partial charge >= 0.3 is 0 Å². The van der Waals surface area contributed by atoms with Gasteiger partial charge in [-0.05, 0) is 57.2 Å². The van der Waals surface area contributed by atoms with Crippen LogP contribution in [0.5, 0.6) is 0 Å². The van der Waals surface area contributed by atoms with Gasteiger partial charge in [-0.1, -0.05) is 6.07 Å². The molecule has 0 atom stereocenters. The summed E-state index contributed by atoms with van der Waals surface area (Å²) in [6.07, 6.45) is 4.74. The third-order valence-corrected chi connectivity index (χ3v) is 5.17. The number of aliphatic hydroxyl groups is 1. The molecule has 1 heterocycles. The van der Waals surface area contributed by atoms with Crippen LogP contribution in [-0.2, 0) is 0 Å². The molecule has 1 aliphatic heterocycles. The summed E-state index contributed by atoms with van der Waals surface area (Å²) >= 11 is 0. The lowest BCUT2D eigenvalue weighted by Gasteiger charge is -2.36. The van der Waals surface area contributed by atoms with Gasteiger partial charge in [0.25, 0.3) is 0 Å². The Morgan fingerprint density at radius 3 is 2.72 bits per heavy atom. The molecule has 2 aliphatic rings. The van der Waals surface area contributed by atoms with Crippen LogP contribution in [0.2, 0.25) is 0 Å². The number of anilines is 1. The van der Waals surface area contributed by atoms with E-state index >= 15 is 0 Å². The smallest absolute Gasteiger partial charge is 0.191 e. The molecule has 0 spiro atoms. The molecular weight excluding hydrogens is 319 g/mol. The number of guanidine groups is 1. The zero-order valence-corrected chi connectivity index (χ0v) is 15.0. The maximum Gasteiger partial charge on any atom is 0.191 e. The lowest BCUT2D eigenvalue weighted by atomic mass is 9.80. The minimum atomic E-state index is -0.594. The van der Waals surface area contributed by atoms with Crippen molar-refractivity contribution in [3.05, 3.63) is 30.1 Å². The van der Waals surface area contributed by atoms with E-state index < -0.39 is 5.60 Å². The monoisotopic (exact) mass is 348 g/mol. The Bertz CT molecular complexity index is 595. The molecule has 0 radical (unpaired) electrons. The van der Waals surface area contributed by atoms with Crippen LogP contribution in [0, 0.1) is 5.82 Å². The first-order valence-electron chi connectivity index (χ1n) is 9.36. The number of hydrogen-bond donors (Lipinski definition) is 3. The summed E-state index contributed by atoms with van der Waals surface area (Å²) in [5.41, 5.74) is 0.356. The van der Waals surface area contributed by atoms with Crippen molar-refractivity contribution in [3.8, 4) is 0 Å². The highest BCUT2D eigenvalue weighted by atomic mass is 19.1. The molecule has 0 amide bonds. The average molecular weight is 348 g/mol. The van der Waals surface area contributed by atoms with Gasteiger partial charge in [-0.15, -0.1) is 0 Å². The molecule has 6 heteroatoms. The highest BCUT2D eigenvalue weighted by Crippen LogP contribution is 2.31. The van der Waals surface area contributed by atoms with E-state index in [4.69, 9.17) is 0 Å². The average Bonchev–Trinajstić information content (AvgIpc) is 2.59. The van der Waals surface area contributed by atoms with E-state index in [2.05, 4.69) is 20.5 Å². The zero-order chi connectivity index (χ0) is 17.7. The fraction of sp³-hybridized carbons (Fsp3) is 0.632. The van der Waals surface area contributed by atoms with Crippen molar-refractivity contribution >= 4 is 11.6 Å². The number of piperidine rings is 1. The number of nitrogens with one attached hydrogen (secondary N) is 2. The van der Waals surface area contributed by atoms with Crippen molar-refractivity contribution in [2.24, 2.45) is 4.99 Å². The molecule has 1 aliphatic carbocycles. The van der Waals surface area contributed by atoms with Crippen molar-refractivity contribution in [3.63, 3.8) is 0 Å². The van der Waals surface area contributed by atoms with E-state index in [0.717, 1.165) is 63.4 Å². The zero-order valence-electron chi connectivity index (χ0n) is 15.0. The third-order valence-electron chi connectivity index (χ3n) is 5.17. The van der Waals surface area contributed by atoms with Crippen LogP contribution in [-0.4, -0.2) is 48.9 Å². The van der Waals surface area contributed by atoms with E-state index in [1.54, 1.807) is 12.1 Å². The lowest BCUT2D eigenvalue weighted by Crippen LogP contribution is -2.49. The van der Waals surface area contributed by atoms with Crippen LogP contribution in [0.1, 0.15) is 39.0 Å². The number of benzene rings is 1. The van der Waals surface area contributed by atoms with E-state index in [9.17, 15) is 9.50 Å². The first-order valence-corrected chi connectivity index (χ1v) is 9.36. The largest absolute Gasteiger partial charge is 0.388 e. The fourth-order valence-electron chi connectivity index (χ4n) is 3.44. The number of aliphatic imine (C=N–C) groups is 1. The van der Waals surface area contributed by atoms with Crippen molar-refractivity contribution < 1.29 is 9.50 Å². The number of hydrogen-bond acceptors (Lipinski definition) is 3. The van der Waals surface area contributed by atoms with Crippen molar-refractivity contribution in [1.82, 2.24) is 10.6 Å². The van der Waals surface area contributed by atoms with Gasteiger partial charge in [-0.25, -0.2) is 4.39 Å². The molecule has 0 unspecified atom stereocenters. The second-order valence-corrected chi connectivity index (χ2v) is 7.16. The molecule has 5 nitrogen and oxygen atoms in total. The second kappa shape index (κ2) is 8.04. The van der Waals surface area contributed by atoms with Gasteiger partial charge in [0.2, 0.25) is 0 Å². The summed E-state index contributed by atoms with van der Waals surface area (Å²) < 4.78 is 13.4. The van der Waals surface area contributed by atoms with Crippen molar-refractivity contribution in [2.45, 2.75) is 50.7 Å². The summed E-state index contributed by atoms with van der Waals surface area (Å²) in [7, 11) is 0. The van der Waals surface area contributed by atoms with Gasteiger partial charge in [0.15, 0.2) is 5.96 Å². The maximum atomic E-state index is 13.4. The van der Waals surface area contributed by atoms with Gasteiger partial charge in [-0.3, -0.25) is 4.99 Å². The highest BCUT2D eigenvalue weighted by molar-refractivity contribution is 5.80. The van der Waals surface area contributed by atoms with Crippen LogP contribution in [0.25, 0.3) is 0 Å². The molecule has 3 N–H and O–H groups in total. The molecule has 1 aromatic rings. The van der Waals surface area contributed by atoms with E-state index in [-0.39, 0.29) is 5.82 Å². The Balaban J connectivity index is 1.51. The molecule has 1 saturated heterocycles. The van der Waals surface area contributed by atoms with Crippen molar-refractivity contribution in [1.29, 1.82) is 0 Å². The van der Waals surface area contributed by atoms with E-state index in [1.807, 2.05) is 13.0 Å². The normalized spacial score (nSPS) is 20.9. The fourth-order valence-corrected chi connectivity index (χ4v) is 3.44. The summed E-state index contributed by atoms with van der Waals surface area (Å²) in [5.74, 6) is 0.597. The Kier molecular flexibility index (Phi) is 5.78. The van der Waals surface area contributed by atoms with Crippen molar-refractivity contribution in [2.75, 3.05) is 31.1 Å². The molecule has 2 fully saturated rings. The number of halogens is 1. The molecule has 138 valence electrons. The molecule has 0 aromatic heterocycles. The first kappa shape index (κ1) is 18.0. The van der Waals surface area contributed by atoms with Gasteiger partial charge in [0, 0.05) is 31.4 Å². The predicted octanol–water partition coefficient (Wildman–Crippen LogP) is 2.26. The Labute approximate surface area is 149 Å². The lowest BCUT2D eigenvalue weighted by molar-refractivity contribution is -0.0236. The Morgan fingerprint density at radius 1 is 1.36 bits per heavy atom. The quantitative estimate of drug-likeness (QED) is 0.564. The van der Waals surface area contributed by atoms with E-state index in [1.165, 1.54) is 6.07 Å².